The Labute approximate surface area is 153 Å². The van der Waals surface area contributed by atoms with Crippen molar-refractivity contribution in [2.75, 3.05) is 39.6 Å². The zero-order valence-corrected chi connectivity index (χ0v) is 16.1. The molecular weight excluding hydrogens is 344 g/mol. The third-order valence-electron chi connectivity index (χ3n) is 4.07. The lowest BCUT2D eigenvalue weighted by Crippen LogP contribution is -2.17. The number of pyridine rings is 1. The Balaban J connectivity index is 0.00000312. The highest BCUT2D eigenvalue weighted by Gasteiger charge is 2.22. The van der Waals surface area contributed by atoms with Gasteiger partial charge in [-0.05, 0) is 52.5 Å². The van der Waals surface area contributed by atoms with Crippen LogP contribution in [0.25, 0.3) is 10.9 Å². The summed E-state index contributed by atoms with van der Waals surface area (Å²) in [4.78, 5) is 17.7. The fraction of sp³-hybridized carbons (Fsp3) is 0.471. The number of aryl methyl sites for hydroxylation is 1. The summed E-state index contributed by atoms with van der Waals surface area (Å²) in [5.74, 6) is 0.537. The van der Waals surface area contributed by atoms with Crippen molar-refractivity contribution < 1.29 is 9.66 Å². The van der Waals surface area contributed by atoms with E-state index in [0.29, 0.717) is 16.7 Å². The molecule has 0 aliphatic carbocycles. The molecule has 25 heavy (non-hydrogen) atoms. The average molecular weight is 369 g/mol. The van der Waals surface area contributed by atoms with Crippen LogP contribution in [0.3, 0.4) is 0 Å². The highest BCUT2D eigenvalue weighted by atomic mass is 35.5. The van der Waals surface area contributed by atoms with E-state index in [0.717, 1.165) is 36.5 Å². The van der Waals surface area contributed by atoms with E-state index in [4.69, 9.17) is 4.74 Å². The number of nitro benzene ring substituents is 1. The van der Waals surface area contributed by atoms with E-state index >= 15 is 0 Å². The van der Waals surface area contributed by atoms with Crippen LogP contribution in [0.5, 0.6) is 5.75 Å². The summed E-state index contributed by atoms with van der Waals surface area (Å²) in [6.45, 7) is 5.50. The molecule has 8 heteroatoms. The quantitative estimate of drug-likeness (QED) is 0.457. The van der Waals surface area contributed by atoms with Crippen LogP contribution < -0.4 is 10.1 Å². The van der Waals surface area contributed by atoms with Crippen LogP contribution in [0.15, 0.2) is 12.1 Å². The molecule has 1 heterocycles. The molecule has 0 bridgehead atoms. The summed E-state index contributed by atoms with van der Waals surface area (Å²) < 4.78 is 5.35. The van der Waals surface area contributed by atoms with Gasteiger partial charge in [-0.25, -0.2) is 4.98 Å². The van der Waals surface area contributed by atoms with E-state index in [9.17, 15) is 10.1 Å². The predicted molar refractivity (Wildman–Crippen MR) is 103 cm³/mol. The Morgan fingerprint density at radius 1 is 1.32 bits per heavy atom. The Morgan fingerprint density at radius 3 is 2.56 bits per heavy atom. The first-order chi connectivity index (χ1) is 11.4. The number of aromatic nitrogens is 1. The van der Waals surface area contributed by atoms with Crippen molar-refractivity contribution in [2.24, 2.45) is 0 Å². The smallest absolute Gasteiger partial charge is 0.281 e. The normalized spacial score (nSPS) is 10.6. The molecule has 0 saturated heterocycles. The summed E-state index contributed by atoms with van der Waals surface area (Å²) in [5, 5.41) is 15.4. The van der Waals surface area contributed by atoms with Crippen LogP contribution in [0, 0.1) is 24.0 Å². The van der Waals surface area contributed by atoms with Crippen LogP contribution >= 0.6 is 12.4 Å². The second-order valence-corrected chi connectivity index (χ2v) is 6.05. The number of ether oxygens (including phenoxy) is 1. The molecular formula is C17H25ClN4O3. The number of hydrogen-bond acceptors (Lipinski definition) is 6. The third-order valence-corrected chi connectivity index (χ3v) is 4.07. The van der Waals surface area contributed by atoms with Crippen molar-refractivity contribution in [2.45, 2.75) is 20.3 Å². The standard InChI is InChI=1S/C17H24N4O3.ClH/c1-11-12(2)19-17-14(24-5)8-7-13(21(22)23)15(17)16(11)18-9-6-10-20(3)4;/h7-8H,6,9-10H2,1-5H3,(H,18,19);1H. The predicted octanol–water partition coefficient (Wildman–Crippen LogP) is 3.55. The number of non-ortho nitro benzene ring substituents is 1. The summed E-state index contributed by atoms with van der Waals surface area (Å²) in [7, 11) is 5.58. The fourth-order valence-corrected chi connectivity index (χ4v) is 2.69. The summed E-state index contributed by atoms with van der Waals surface area (Å²) in [5.41, 5.74) is 3.07. The van der Waals surface area contributed by atoms with Gasteiger partial charge in [-0.1, -0.05) is 0 Å². The van der Waals surface area contributed by atoms with E-state index in [1.165, 1.54) is 6.07 Å². The summed E-state index contributed by atoms with van der Waals surface area (Å²) in [6, 6.07) is 3.07. The lowest BCUT2D eigenvalue weighted by molar-refractivity contribution is -0.383. The van der Waals surface area contributed by atoms with Crippen molar-refractivity contribution in [3.05, 3.63) is 33.5 Å². The number of fused-ring (bicyclic) bond motifs is 1. The number of halogens is 1. The van der Waals surface area contributed by atoms with Gasteiger partial charge in [-0.3, -0.25) is 10.1 Å². The molecule has 1 N–H and O–H groups in total. The topological polar surface area (TPSA) is 80.5 Å². The monoisotopic (exact) mass is 368 g/mol. The molecule has 0 amide bonds. The van der Waals surface area contributed by atoms with E-state index in [2.05, 4.69) is 15.2 Å². The molecule has 1 aromatic carbocycles. The molecule has 0 fully saturated rings. The minimum absolute atomic E-state index is 0. The fourth-order valence-electron chi connectivity index (χ4n) is 2.69. The Bertz CT molecular complexity index is 765. The lowest BCUT2D eigenvalue weighted by Gasteiger charge is -2.17. The van der Waals surface area contributed by atoms with Crippen LogP contribution in [-0.2, 0) is 0 Å². The molecule has 0 atom stereocenters. The van der Waals surface area contributed by atoms with Gasteiger partial charge in [0.05, 0.1) is 17.7 Å². The van der Waals surface area contributed by atoms with Crippen molar-refractivity contribution in [1.29, 1.82) is 0 Å². The van der Waals surface area contributed by atoms with Crippen LogP contribution in [0.2, 0.25) is 0 Å². The van der Waals surface area contributed by atoms with Gasteiger partial charge in [0.25, 0.3) is 5.69 Å². The van der Waals surface area contributed by atoms with Crippen molar-refractivity contribution in [3.63, 3.8) is 0 Å². The van der Waals surface area contributed by atoms with Crippen LogP contribution in [0.1, 0.15) is 17.7 Å². The number of nitrogens with zero attached hydrogens (tertiary/aromatic N) is 3. The summed E-state index contributed by atoms with van der Waals surface area (Å²) >= 11 is 0. The molecule has 0 radical (unpaired) electrons. The zero-order valence-electron chi connectivity index (χ0n) is 15.3. The van der Waals surface area contributed by atoms with Gasteiger partial charge in [0.2, 0.25) is 0 Å². The lowest BCUT2D eigenvalue weighted by atomic mass is 10.0. The first-order valence-electron chi connectivity index (χ1n) is 7.87. The van der Waals surface area contributed by atoms with Crippen molar-refractivity contribution in [3.8, 4) is 5.75 Å². The second-order valence-electron chi connectivity index (χ2n) is 6.05. The first-order valence-corrected chi connectivity index (χ1v) is 7.87. The van der Waals surface area contributed by atoms with Gasteiger partial charge in [0, 0.05) is 18.3 Å². The SMILES string of the molecule is COc1ccc([N+](=O)[O-])c2c(NCCCN(C)C)c(C)c(C)nc12.Cl. The van der Waals surface area contributed by atoms with Crippen molar-refractivity contribution in [1.82, 2.24) is 9.88 Å². The van der Waals surface area contributed by atoms with Crippen LogP contribution in [0.4, 0.5) is 11.4 Å². The zero-order chi connectivity index (χ0) is 17.9. The van der Waals surface area contributed by atoms with Gasteiger partial charge in [-0.15, -0.1) is 12.4 Å². The van der Waals surface area contributed by atoms with Crippen molar-refractivity contribution >= 4 is 34.7 Å². The first kappa shape index (κ1) is 20.9. The molecule has 0 aliphatic heterocycles. The van der Waals surface area contributed by atoms with Crippen LogP contribution in [-0.4, -0.2) is 49.1 Å². The number of nitro groups is 1. The third kappa shape index (κ3) is 4.49. The maximum absolute atomic E-state index is 11.5. The van der Waals surface area contributed by atoms with E-state index in [1.54, 1.807) is 13.2 Å². The Morgan fingerprint density at radius 2 is 2.00 bits per heavy atom. The molecule has 0 spiro atoms. The number of hydrogen-bond donors (Lipinski definition) is 1. The number of benzene rings is 1. The highest BCUT2D eigenvalue weighted by Crippen LogP contribution is 2.39. The average Bonchev–Trinajstić information content (AvgIpc) is 2.53. The highest BCUT2D eigenvalue weighted by molar-refractivity contribution is 6.03. The number of anilines is 1. The maximum atomic E-state index is 11.5. The maximum Gasteiger partial charge on any atom is 0.281 e. The minimum Gasteiger partial charge on any atom is -0.494 e. The Hall–Kier alpha value is -2.12. The number of rotatable bonds is 7. The van der Waals surface area contributed by atoms with E-state index < -0.39 is 0 Å². The number of nitrogens with one attached hydrogen (secondary N) is 1. The second kappa shape index (κ2) is 8.82. The molecule has 1 aromatic heterocycles. The largest absolute Gasteiger partial charge is 0.494 e. The van der Waals surface area contributed by atoms with Gasteiger partial charge in [-0.2, -0.15) is 0 Å². The Kier molecular flexibility index (Phi) is 7.38. The molecule has 0 saturated carbocycles. The van der Waals surface area contributed by atoms with E-state index in [1.807, 2.05) is 27.9 Å². The van der Waals surface area contributed by atoms with Gasteiger partial charge >= 0.3 is 0 Å². The molecule has 0 unspecified atom stereocenters. The molecule has 0 aliphatic rings. The molecule has 7 nitrogen and oxygen atoms in total. The summed E-state index contributed by atoms with van der Waals surface area (Å²) in [6.07, 6.45) is 0.938. The molecule has 2 aromatic rings. The van der Waals surface area contributed by atoms with Gasteiger partial charge < -0.3 is 15.0 Å². The molecule has 2 rings (SSSR count). The van der Waals surface area contributed by atoms with E-state index in [-0.39, 0.29) is 23.0 Å². The number of methoxy groups -OCH3 is 1. The molecule has 138 valence electrons. The van der Waals surface area contributed by atoms with Gasteiger partial charge in [0.1, 0.15) is 16.7 Å². The van der Waals surface area contributed by atoms with Gasteiger partial charge in [0.15, 0.2) is 0 Å². The minimum atomic E-state index is -0.372.